The molecule has 266 valence electrons. The molecule has 0 unspecified atom stereocenters. The monoisotopic (exact) mass is 682 g/mol. The van der Waals surface area contributed by atoms with E-state index in [2.05, 4.69) is 19.1 Å². The number of hydrogen-bond donors (Lipinski definition) is 0. The van der Waals surface area contributed by atoms with Crippen LogP contribution < -0.4 is 9.47 Å². The number of unbranched alkanes of at least 4 members (excludes halogenated alkanes) is 5. The van der Waals surface area contributed by atoms with Gasteiger partial charge in [-0.2, -0.15) is 39.5 Å². The molecule has 1 saturated carbocycles. The largest absolute Gasteiger partial charge is 0.494 e. The fourth-order valence-corrected chi connectivity index (χ4v) is 6.02. The van der Waals surface area contributed by atoms with Crippen molar-refractivity contribution in [3.63, 3.8) is 0 Å². The van der Waals surface area contributed by atoms with Crippen molar-refractivity contribution in [2.24, 2.45) is 11.8 Å². The van der Waals surface area contributed by atoms with Gasteiger partial charge in [0.1, 0.15) is 18.1 Å². The van der Waals surface area contributed by atoms with Crippen molar-refractivity contribution >= 4 is 0 Å². The quantitative estimate of drug-likeness (QED) is 0.102. The summed E-state index contributed by atoms with van der Waals surface area (Å²) in [7, 11) is 0. The maximum Gasteiger partial charge on any atom is 0.460 e. The van der Waals surface area contributed by atoms with E-state index in [0.29, 0.717) is 18.8 Å². The molecule has 0 spiro atoms. The minimum absolute atomic E-state index is 0.0654. The fraction of sp³-hybridized carbons (Fsp3) is 0.667. The van der Waals surface area contributed by atoms with Crippen LogP contribution in [0.5, 0.6) is 11.5 Å². The summed E-state index contributed by atoms with van der Waals surface area (Å²) in [4.78, 5) is 0. The third-order valence-electron chi connectivity index (χ3n) is 9.14. The van der Waals surface area contributed by atoms with Crippen LogP contribution in [0.1, 0.15) is 108 Å². The van der Waals surface area contributed by atoms with Crippen LogP contribution in [0.3, 0.4) is 0 Å². The fourth-order valence-electron chi connectivity index (χ4n) is 6.02. The van der Waals surface area contributed by atoms with Gasteiger partial charge in [0, 0.05) is 6.42 Å². The van der Waals surface area contributed by atoms with Crippen LogP contribution in [0.25, 0.3) is 0 Å². The van der Waals surface area contributed by atoms with Crippen molar-refractivity contribution in [3.05, 3.63) is 59.7 Å². The molecule has 0 N–H and O–H groups in total. The van der Waals surface area contributed by atoms with Gasteiger partial charge in [-0.1, -0.05) is 95.4 Å². The molecule has 2 nitrogen and oxygen atoms in total. The van der Waals surface area contributed by atoms with Gasteiger partial charge >= 0.3 is 23.9 Å². The van der Waals surface area contributed by atoms with Crippen molar-refractivity contribution in [2.45, 2.75) is 134 Å². The highest BCUT2D eigenvalue weighted by molar-refractivity contribution is 5.29. The van der Waals surface area contributed by atoms with E-state index in [1.807, 2.05) is 24.3 Å². The van der Waals surface area contributed by atoms with Crippen molar-refractivity contribution in [1.82, 2.24) is 0 Å². The Labute approximate surface area is 272 Å². The Hall–Kier alpha value is -2.59. The Morgan fingerprint density at radius 1 is 0.574 bits per heavy atom. The van der Waals surface area contributed by atoms with Crippen molar-refractivity contribution < 1.29 is 49.0 Å². The summed E-state index contributed by atoms with van der Waals surface area (Å²) in [5.74, 6) is -15.8. The first-order chi connectivity index (χ1) is 22.2. The Morgan fingerprint density at radius 2 is 1.11 bits per heavy atom. The van der Waals surface area contributed by atoms with E-state index in [1.165, 1.54) is 63.4 Å². The van der Waals surface area contributed by atoms with Gasteiger partial charge in [-0.15, -0.1) is 0 Å². The number of rotatable bonds is 20. The highest BCUT2D eigenvalue weighted by Gasteiger charge is 2.81. The number of benzene rings is 2. The molecule has 0 saturated heterocycles. The number of halogens is 9. The highest BCUT2D eigenvalue weighted by atomic mass is 19.4. The molecule has 0 aromatic heterocycles. The van der Waals surface area contributed by atoms with E-state index < -0.39 is 36.8 Å². The molecule has 2 aromatic carbocycles. The Bertz CT molecular complexity index is 1160. The lowest BCUT2D eigenvalue weighted by atomic mass is 9.78. The van der Waals surface area contributed by atoms with Crippen molar-refractivity contribution in [1.29, 1.82) is 0 Å². The van der Waals surface area contributed by atoms with Crippen molar-refractivity contribution in [2.75, 3.05) is 6.61 Å². The van der Waals surface area contributed by atoms with Crippen LogP contribution in [0.4, 0.5) is 39.5 Å². The molecule has 0 heterocycles. The number of alkyl halides is 9. The summed E-state index contributed by atoms with van der Waals surface area (Å²) < 4.78 is 128. The molecule has 0 aliphatic heterocycles. The predicted molar refractivity (Wildman–Crippen MR) is 165 cm³/mol. The lowest BCUT2D eigenvalue weighted by Gasteiger charge is -2.33. The lowest BCUT2D eigenvalue weighted by Crippen LogP contribution is -2.60. The van der Waals surface area contributed by atoms with Crippen LogP contribution in [-0.4, -0.2) is 30.6 Å². The van der Waals surface area contributed by atoms with Gasteiger partial charge in [-0.25, -0.2) is 0 Å². The first-order valence-electron chi connectivity index (χ1n) is 16.8. The maximum absolute atomic E-state index is 13.6. The molecule has 2 aromatic rings. The van der Waals surface area contributed by atoms with Crippen LogP contribution in [0, 0.1) is 11.8 Å². The predicted octanol–water partition coefficient (Wildman–Crippen LogP) is 12.4. The smallest absolute Gasteiger partial charge is 0.460 e. The topological polar surface area (TPSA) is 18.5 Å². The first kappa shape index (κ1) is 38.9. The van der Waals surface area contributed by atoms with Crippen molar-refractivity contribution in [3.8, 4) is 11.5 Å². The molecule has 0 atom stereocenters. The van der Waals surface area contributed by atoms with E-state index in [0.717, 1.165) is 29.6 Å². The zero-order valence-corrected chi connectivity index (χ0v) is 27.0. The Kier molecular flexibility index (Phi) is 14.6. The summed E-state index contributed by atoms with van der Waals surface area (Å²) in [6.07, 6.45) is 4.47. The molecule has 47 heavy (non-hydrogen) atoms. The second kappa shape index (κ2) is 17.7. The third-order valence-corrected chi connectivity index (χ3v) is 9.14. The highest BCUT2D eigenvalue weighted by Crippen LogP contribution is 2.54. The lowest BCUT2D eigenvalue weighted by molar-refractivity contribution is -0.396. The molecule has 3 rings (SSSR count). The number of aryl methyl sites for hydroxylation is 1. The summed E-state index contributed by atoms with van der Waals surface area (Å²) >= 11 is 0. The molecule has 1 aliphatic carbocycles. The average molecular weight is 683 g/mol. The zero-order chi connectivity index (χ0) is 34.6. The van der Waals surface area contributed by atoms with E-state index >= 15 is 0 Å². The molecular formula is C36H47F9O2. The molecule has 11 heteroatoms. The Morgan fingerprint density at radius 3 is 1.68 bits per heavy atom. The standard InChI is InChI=1S/C36H47F9O2/c1-2-3-6-9-27-10-12-28(13-11-27)14-15-29-16-20-32(21-17-29)47-26-30-18-22-31(23-19-30)46-25-8-5-4-7-24-33(37,38)34(39,40)35(41,42)36(43,44)45/h16-23,27-28H,2-15,24-26H2,1H3. The third kappa shape index (κ3) is 11.5. The first-order valence-corrected chi connectivity index (χ1v) is 16.8. The normalized spacial score (nSPS) is 17.9. The average Bonchev–Trinajstić information content (AvgIpc) is 3.03. The van der Waals surface area contributed by atoms with Gasteiger partial charge in [0.15, 0.2) is 0 Å². The molecule has 0 bridgehead atoms. The molecular weight excluding hydrogens is 635 g/mol. The molecule has 1 fully saturated rings. The van der Waals surface area contributed by atoms with Gasteiger partial charge < -0.3 is 9.47 Å². The molecule has 1 aliphatic rings. The number of ether oxygens (including phenoxy) is 2. The molecule has 0 radical (unpaired) electrons. The van der Waals surface area contributed by atoms with Gasteiger partial charge in [0.05, 0.1) is 6.61 Å². The Balaban J connectivity index is 1.28. The van der Waals surface area contributed by atoms with E-state index in [1.54, 1.807) is 12.1 Å². The molecule has 0 amide bonds. The minimum Gasteiger partial charge on any atom is -0.494 e. The number of hydrogen-bond acceptors (Lipinski definition) is 2. The summed E-state index contributed by atoms with van der Waals surface area (Å²) in [5, 5.41) is 0. The van der Waals surface area contributed by atoms with E-state index in [4.69, 9.17) is 9.47 Å². The summed E-state index contributed by atoms with van der Waals surface area (Å²) in [6, 6.07) is 15.4. The SMILES string of the molecule is CCCCCC1CCC(CCc2ccc(OCc3ccc(OCCCCCCC(F)(F)C(F)(F)C(F)(F)C(F)(F)F)cc3)cc2)CC1. The second-order valence-corrected chi connectivity index (χ2v) is 12.9. The van der Waals surface area contributed by atoms with Gasteiger partial charge in [0.25, 0.3) is 0 Å². The van der Waals surface area contributed by atoms with Crippen LogP contribution >= 0.6 is 0 Å². The van der Waals surface area contributed by atoms with Crippen LogP contribution in [0.15, 0.2) is 48.5 Å². The zero-order valence-electron chi connectivity index (χ0n) is 27.0. The maximum atomic E-state index is 13.6. The van der Waals surface area contributed by atoms with Crippen LogP contribution in [-0.2, 0) is 13.0 Å². The summed E-state index contributed by atoms with van der Waals surface area (Å²) in [5.41, 5.74) is 2.23. The van der Waals surface area contributed by atoms with Crippen LogP contribution in [0.2, 0.25) is 0 Å². The van der Waals surface area contributed by atoms with Gasteiger partial charge in [-0.05, 0) is 72.9 Å². The van der Waals surface area contributed by atoms with E-state index in [-0.39, 0.29) is 19.4 Å². The van der Waals surface area contributed by atoms with E-state index in [9.17, 15) is 39.5 Å². The minimum atomic E-state index is -6.84. The van der Waals surface area contributed by atoms with Gasteiger partial charge in [-0.3, -0.25) is 0 Å². The second-order valence-electron chi connectivity index (χ2n) is 12.9. The summed E-state index contributed by atoms with van der Waals surface area (Å²) in [6.45, 7) is 2.80. The van der Waals surface area contributed by atoms with Gasteiger partial charge in [0.2, 0.25) is 0 Å².